The molecule has 0 radical (unpaired) electrons. The minimum Gasteiger partial charge on any atom is -0.353 e. The van der Waals surface area contributed by atoms with Crippen molar-refractivity contribution in [1.29, 1.82) is 0 Å². The number of fused-ring (bicyclic) bond motifs is 1. The van der Waals surface area contributed by atoms with Crippen molar-refractivity contribution in [1.82, 2.24) is 19.9 Å². The molecule has 3 aromatic rings. The predicted octanol–water partition coefficient (Wildman–Crippen LogP) is 2.14. The molecule has 1 aliphatic heterocycles. The number of H-pyrrole nitrogens is 1. The normalized spacial score (nSPS) is 14.5. The SMILES string of the molecule is CSCc1nc(C(=O)N2CCN(c3ccc4ccccc4n3)CC2)cc(=O)[nH]1. The lowest BCUT2D eigenvalue weighted by Gasteiger charge is -2.35. The molecule has 0 saturated carbocycles. The molecule has 7 nitrogen and oxygen atoms in total. The van der Waals surface area contributed by atoms with E-state index in [0.29, 0.717) is 37.8 Å². The third kappa shape index (κ3) is 3.87. The Kier molecular flexibility index (Phi) is 5.29. The molecule has 1 N–H and O–H groups in total. The van der Waals surface area contributed by atoms with Crippen molar-refractivity contribution >= 4 is 34.4 Å². The zero-order valence-electron chi connectivity index (χ0n) is 15.6. The van der Waals surface area contributed by atoms with E-state index in [9.17, 15) is 9.59 Å². The number of hydrogen-bond acceptors (Lipinski definition) is 6. The molecular weight excluding hydrogens is 374 g/mol. The fourth-order valence-electron chi connectivity index (χ4n) is 3.35. The van der Waals surface area contributed by atoms with Crippen LogP contribution in [0.1, 0.15) is 16.3 Å². The molecule has 0 aliphatic carbocycles. The van der Waals surface area contributed by atoms with Gasteiger partial charge in [0.1, 0.15) is 17.3 Å². The number of nitrogens with zero attached hydrogens (tertiary/aromatic N) is 4. The number of carbonyl (C=O) groups is 1. The molecule has 1 aliphatic rings. The molecule has 28 heavy (non-hydrogen) atoms. The molecule has 1 aromatic carbocycles. The maximum absolute atomic E-state index is 12.8. The molecule has 4 rings (SSSR count). The molecule has 0 spiro atoms. The number of rotatable bonds is 4. The number of hydrogen-bond donors (Lipinski definition) is 1. The summed E-state index contributed by atoms with van der Waals surface area (Å²) in [5.41, 5.74) is 0.888. The van der Waals surface area contributed by atoms with Crippen LogP contribution in [0.25, 0.3) is 10.9 Å². The molecule has 1 fully saturated rings. The van der Waals surface area contributed by atoms with Crippen LogP contribution < -0.4 is 10.5 Å². The highest BCUT2D eigenvalue weighted by atomic mass is 32.2. The summed E-state index contributed by atoms with van der Waals surface area (Å²) in [5.74, 6) is 1.82. The Bertz CT molecular complexity index is 1060. The van der Waals surface area contributed by atoms with Crippen molar-refractivity contribution in [2.75, 3.05) is 37.3 Å². The number of pyridine rings is 1. The van der Waals surface area contributed by atoms with Gasteiger partial charge in [0.05, 0.1) is 11.3 Å². The fraction of sp³-hybridized carbons (Fsp3) is 0.300. The monoisotopic (exact) mass is 395 g/mol. The minimum atomic E-state index is -0.290. The Morgan fingerprint density at radius 3 is 2.68 bits per heavy atom. The number of amides is 1. The van der Waals surface area contributed by atoms with E-state index >= 15 is 0 Å². The van der Waals surface area contributed by atoms with Crippen LogP contribution in [0.15, 0.2) is 47.3 Å². The van der Waals surface area contributed by atoms with Gasteiger partial charge in [-0.1, -0.05) is 18.2 Å². The maximum Gasteiger partial charge on any atom is 0.272 e. The van der Waals surface area contributed by atoms with Gasteiger partial charge >= 0.3 is 0 Å². The Morgan fingerprint density at radius 2 is 1.89 bits per heavy atom. The quantitative estimate of drug-likeness (QED) is 0.729. The van der Waals surface area contributed by atoms with Crippen molar-refractivity contribution in [2.45, 2.75) is 5.75 Å². The maximum atomic E-state index is 12.8. The Hall–Kier alpha value is -2.87. The van der Waals surface area contributed by atoms with E-state index in [1.54, 1.807) is 16.7 Å². The van der Waals surface area contributed by atoms with Gasteiger partial charge in [-0.15, -0.1) is 0 Å². The van der Waals surface area contributed by atoms with Gasteiger partial charge in [-0.25, -0.2) is 9.97 Å². The lowest BCUT2D eigenvalue weighted by molar-refractivity contribution is 0.0740. The van der Waals surface area contributed by atoms with Crippen molar-refractivity contribution in [3.63, 3.8) is 0 Å². The Morgan fingerprint density at radius 1 is 1.11 bits per heavy atom. The number of para-hydroxylation sites is 1. The van der Waals surface area contributed by atoms with Crippen molar-refractivity contribution in [2.24, 2.45) is 0 Å². The first-order chi connectivity index (χ1) is 13.6. The summed E-state index contributed by atoms with van der Waals surface area (Å²) < 4.78 is 0. The van der Waals surface area contributed by atoms with E-state index < -0.39 is 0 Å². The van der Waals surface area contributed by atoms with Crippen molar-refractivity contribution in [3.05, 3.63) is 64.3 Å². The van der Waals surface area contributed by atoms with Crippen LogP contribution in [-0.2, 0) is 5.75 Å². The van der Waals surface area contributed by atoms with Gasteiger partial charge in [0.2, 0.25) is 0 Å². The fourth-order valence-corrected chi connectivity index (χ4v) is 3.76. The van der Waals surface area contributed by atoms with Crippen LogP contribution in [0, 0.1) is 0 Å². The molecule has 0 atom stereocenters. The summed E-state index contributed by atoms with van der Waals surface area (Å²) in [6.45, 7) is 2.52. The molecule has 144 valence electrons. The second-order valence-electron chi connectivity index (χ2n) is 6.65. The Balaban J connectivity index is 1.46. The summed E-state index contributed by atoms with van der Waals surface area (Å²) in [4.78, 5) is 40.3. The summed E-state index contributed by atoms with van der Waals surface area (Å²) in [7, 11) is 0. The number of aromatic amines is 1. The topological polar surface area (TPSA) is 82.2 Å². The average molecular weight is 395 g/mol. The molecule has 8 heteroatoms. The largest absolute Gasteiger partial charge is 0.353 e. The molecule has 1 amide bonds. The first-order valence-electron chi connectivity index (χ1n) is 9.13. The van der Waals surface area contributed by atoms with Crippen molar-refractivity contribution < 1.29 is 4.79 Å². The summed E-state index contributed by atoms with van der Waals surface area (Å²) >= 11 is 1.55. The number of aromatic nitrogens is 3. The van der Waals surface area contributed by atoms with Crippen molar-refractivity contribution in [3.8, 4) is 0 Å². The van der Waals surface area contributed by atoms with E-state index in [1.807, 2.05) is 36.6 Å². The van der Waals surface area contributed by atoms with Gasteiger partial charge in [-0.2, -0.15) is 11.8 Å². The third-order valence-electron chi connectivity index (χ3n) is 4.77. The van der Waals surface area contributed by atoms with Crippen LogP contribution in [0.2, 0.25) is 0 Å². The zero-order valence-corrected chi connectivity index (χ0v) is 16.4. The van der Waals surface area contributed by atoms with E-state index in [1.165, 1.54) is 6.07 Å². The van der Waals surface area contributed by atoms with Crippen LogP contribution in [0.5, 0.6) is 0 Å². The molecule has 3 heterocycles. The van der Waals surface area contributed by atoms with Gasteiger partial charge in [-0.3, -0.25) is 9.59 Å². The Labute approximate surface area is 166 Å². The number of nitrogens with one attached hydrogen (secondary N) is 1. The van der Waals surface area contributed by atoms with Crippen LogP contribution in [0.4, 0.5) is 5.82 Å². The minimum absolute atomic E-state index is 0.195. The second kappa shape index (κ2) is 8.02. The predicted molar refractivity (Wildman–Crippen MR) is 112 cm³/mol. The van der Waals surface area contributed by atoms with Gasteiger partial charge in [-0.05, 0) is 24.5 Å². The first kappa shape index (κ1) is 18.5. The van der Waals surface area contributed by atoms with Gasteiger partial charge in [0, 0.05) is 37.6 Å². The van der Waals surface area contributed by atoms with Gasteiger partial charge in [0.15, 0.2) is 0 Å². The molecular formula is C20H21N5O2S. The molecule has 0 unspecified atom stereocenters. The van der Waals surface area contributed by atoms with E-state index in [4.69, 9.17) is 4.98 Å². The third-order valence-corrected chi connectivity index (χ3v) is 5.33. The van der Waals surface area contributed by atoms with Crippen LogP contribution in [0.3, 0.4) is 0 Å². The lowest BCUT2D eigenvalue weighted by Crippen LogP contribution is -2.49. The standard InChI is InChI=1S/C20H21N5O2S/c1-28-13-17-21-16(12-19(26)23-17)20(27)25-10-8-24(9-11-25)18-7-6-14-4-2-3-5-15(14)22-18/h2-7,12H,8-11,13H2,1H3,(H,21,23,26). The highest BCUT2D eigenvalue weighted by Crippen LogP contribution is 2.19. The highest BCUT2D eigenvalue weighted by molar-refractivity contribution is 7.97. The smallest absolute Gasteiger partial charge is 0.272 e. The number of thioether (sulfide) groups is 1. The number of carbonyl (C=O) groups excluding carboxylic acids is 1. The highest BCUT2D eigenvalue weighted by Gasteiger charge is 2.24. The van der Waals surface area contributed by atoms with E-state index in [2.05, 4.69) is 20.9 Å². The van der Waals surface area contributed by atoms with E-state index in [0.717, 1.165) is 16.7 Å². The molecule has 1 saturated heterocycles. The summed E-state index contributed by atoms with van der Waals surface area (Å²) in [5, 5.41) is 1.11. The lowest BCUT2D eigenvalue weighted by atomic mass is 10.2. The number of anilines is 1. The zero-order chi connectivity index (χ0) is 19.5. The summed E-state index contributed by atoms with van der Waals surface area (Å²) in [6.07, 6.45) is 1.93. The number of piperazine rings is 1. The second-order valence-corrected chi connectivity index (χ2v) is 7.52. The van der Waals surface area contributed by atoms with Gasteiger partial charge < -0.3 is 14.8 Å². The number of benzene rings is 1. The molecule has 2 aromatic heterocycles. The van der Waals surface area contributed by atoms with Crippen LogP contribution >= 0.6 is 11.8 Å². The first-order valence-corrected chi connectivity index (χ1v) is 10.5. The summed E-state index contributed by atoms with van der Waals surface area (Å²) in [6, 6.07) is 13.4. The molecule has 0 bridgehead atoms. The average Bonchev–Trinajstić information content (AvgIpc) is 2.73. The van der Waals surface area contributed by atoms with Gasteiger partial charge in [0.25, 0.3) is 11.5 Å². The van der Waals surface area contributed by atoms with Crippen LogP contribution in [-0.4, -0.2) is 58.2 Å². The van der Waals surface area contributed by atoms with E-state index in [-0.39, 0.29) is 17.2 Å².